The van der Waals surface area contributed by atoms with Crippen LogP contribution in [0.5, 0.6) is 0 Å². The Morgan fingerprint density at radius 3 is 2.86 bits per heavy atom. The molecule has 0 aliphatic carbocycles. The van der Waals surface area contributed by atoms with Gasteiger partial charge in [0.2, 0.25) is 0 Å². The lowest BCUT2D eigenvalue weighted by Crippen LogP contribution is -2.20. The van der Waals surface area contributed by atoms with Crippen LogP contribution in [0.1, 0.15) is 16.1 Å². The summed E-state index contributed by atoms with van der Waals surface area (Å²) in [6, 6.07) is 3.76. The van der Waals surface area contributed by atoms with Crippen molar-refractivity contribution in [3.05, 3.63) is 20.8 Å². The summed E-state index contributed by atoms with van der Waals surface area (Å²) in [5, 5.41) is 3.14. The summed E-state index contributed by atoms with van der Waals surface area (Å²) in [4.78, 5) is 12.4. The lowest BCUT2D eigenvalue weighted by molar-refractivity contribution is 0.0986. The number of carbonyl (C=O) groups excluding carboxylic acids is 1. The van der Waals surface area contributed by atoms with Gasteiger partial charge in [0.25, 0.3) is 0 Å². The molecule has 0 fully saturated rings. The minimum atomic E-state index is 0.201. The summed E-state index contributed by atoms with van der Waals surface area (Å²) < 4.78 is 1.00. The van der Waals surface area contributed by atoms with Gasteiger partial charge in [0.05, 0.1) is 8.66 Å². The summed E-state index contributed by atoms with van der Waals surface area (Å²) in [5.41, 5.74) is 0. The average molecular weight is 294 g/mol. The number of nitrogens with one attached hydrogen (secondary N) is 1. The topological polar surface area (TPSA) is 29.1 Å². The van der Waals surface area contributed by atoms with Gasteiger partial charge in [0.1, 0.15) is 0 Å². The number of ketones is 1. The summed E-state index contributed by atoms with van der Waals surface area (Å²) >= 11 is 8.88. The monoisotopic (exact) mass is 293 g/mol. The van der Waals surface area contributed by atoms with Crippen molar-refractivity contribution in [1.82, 2.24) is 5.32 Å². The molecular weight excluding hydrogens is 282 g/mol. The highest BCUT2D eigenvalue weighted by Crippen LogP contribution is 2.22. The highest BCUT2D eigenvalue weighted by Gasteiger charge is 2.07. The zero-order valence-corrected chi connectivity index (χ0v) is 10.9. The first kappa shape index (κ1) is 12.2. The third kappa shape index (κ3) is 4.13. The van der Waals surface area contributed by atoms with E-state index in [1.54, 1.807) is 0 Å². The standard InChI is InChI=1S/C9H12BrNOS2/c10-9-2-1-8(14-9)7(12)3-4-11-5-6-13/h1-2,11,13H,3-6H2. The first-order valence-corrected chi connectivity index (χ1v) is 6.58. The van der Waals surface area contributed by atoms with E-state index in [9.17, 15) is 4.79 Å². The number of halogens is 1. The van der Waals surface area contributed by atoms with Crippen LogP contribution in [0.2, 0.25) is 0 Å². The molecule has 0 saturated heterocycles. The SMILES string of the molecule is O=C(CCNCCS)c1ccc(Br)s1. The normalized spacial score (nSPS) is 10.4. The molecule has 0 saturated carbocycles. The van der Waals surface area contributed by atoms with E-state index < -0.39 is 0 Å². The van der Waals surface area contributed by atoms with E-state index in [4.69, 9.17) is 0 Å². The first-order valence-electron chi connectivity index (χ1n) is 4.34. The second-order valence-corrected chi connectivity index (χ2v) is 5.66. The van der Waals surface area contributed by atoms with Crippen molar-refractivity contribution in [3.63, 3.8) is 0 Å². The van der Waals surface area contributed by atoms with Crippen LogP contribution >= 0.6 is 39.9 Å². The van der Waals surface area contributed by atoms with Crippen LogP contribution in [0.4, 0.5) is 0 Å². The molecule has 0 bridgehead atoms. The predicted octanol–water partition coefficient (Wildman–Crippen LogP) is 2.60. The minimum absolute atomic E-state index is 0.201. The maximum Gasteiger partial charge on any atom is 0.174 e. The molecule has 2 nitrogen and oxygen atoms in total. The molecule has 0 radical (unpaired) electrons. The largest absolute Gasteiger partial charge is 0.315 e. The van der Waals surface area contributed by atoms with Gasteiger partial charge in [-0.3, -0.25) is 4.79 Å². The predicted molar refractivity (Wildman–Crippen MR) is 67.7 cm³/mol. The zero-order chi connectivity index (χ0) is 10.4. The molecule has 1 rings (SSSR count). The molecule has 0 aliphatic heterocycles. The Labute approximate surface area is 102 Å². The minimum Gasteiger partial charge on any atom is -0.315 e. The summed E-state index contributed by atoms with van der Waals surface area (Å²) in [7, 11) is 0. The molecule has 1 heterocycles. The van der Waals surface area contributed by atoms with Crippen molar-refractivity contribution in [1.29, 1.82) is 0 Å². The lowest BCUT2D eigenvalue weighted by Gasteiger charge is -2.00. The van der Waals surface area contributed by atoms with Gasteiger partial charge in [-0.2, -0.15) is 12.6 Å². The van der Waals surface area contributed by atoms with Crippen molar-refractivity contribution < 1.29 is 4.79 Å². The molecule has 0 spiro atoms. The number of thiol groups is 1. The van der Waals surface area contributed by atoms with E-state index in [0.717, 1.165) is 27.5 Å². The van der Waals surface area contributed by atoms with Gasteiger partial charge in [-0.05, 0) is 28.1 Å². The maximum absolute atomic E-state index is 11.6. The van der Waals surface area contributed by atoms with Crippen LogP contribution in [-0.4, -0.2) is 24.6 Å². The summed E-state index contributed by atoms with van der Waals surface area (Å²) in [6.45, 7) is 1.58. The molecule has 0 aliphatic rings. The molecule has 0 unspecified atom stereocenters. The third-order valence-electron chi connectivity index (χ3n) is 1.67. The second-order valence-electron chi connectivity index (χ2n) is 2.75. The number of hydrogen-bond acceptors (Lipinski definition) is 4. The molecule has 0 aromatic carbocycles. The molecule has 78 valence electrons. The highest BCUT2D eigenvalue weighted by molar-refractivity contribution is 9.11. The fourth-order valence-electron chi connectivity index (χ4n) is 0.993. The highest BCUT2D eigenvalue weighted by atomic mass is 79.9. The van der Waals surface area contributed by atoms with Crippen molar-refractivity contribution in [2.24, 2.45) is 0 Å². The van der Waals surface area contributed by atoms with Crippen molar-refractivity contribution >= 4 is 45.7 Å². The Hall–Kier alpha value is 0.160. The number of hydrogen-bond donors (Lipinski definition) is 2. The van der Waals surface area contributed by atoms with Gasteiger partial charge in [0.15, 0.2) is 5.78 Å². The Bertz CT molecular complexity index is 301. The second kappa shape index (κ2) is 6.61. The molecule has 1 N–H and O–H groups in total. The fraction of sp³-hybridized carbons (Fsp3) is 0.444. The van der Waals surface area contributed by atoms with E-state index in [1.165, 1.54) is 11.3 Å². The van der Waals surface area contributed by atoms with Crippen LogP contribution < -0.4 is 5.32 Å². The van der Waals surface area contributed by atoms with Crippen molar-refractivity contribution in [3.8, 4) is 0 Å². The van der Waals surface area contributed by atoms with Gasteiger partial charge in [-0.15, -0.1) is 11.3 Å². The summed E-state index contributed by atoms with van der Waals surface area (Å²) in [6.07, 6.45) is 0.556. The number of carbonyl (C=O) groups is 1. The lowest BCUT2D eigenvalue weighted by atomic mass is 10.2. The van der Waals surface area contributed by atoms with E-state index in [2.05, 4.69) is 33.9 Å². The first-order chi connectivity index (χ1) is 6.74. The Morgan fingerprint density at radius 2 is 2.29 bits per heavy atom. The number of thiophene rings is 1. The summed E-state index contributed by atoms with van der Waals surface area (Å²) in [5.74, 6) is 1.01. The molecule has 14 heavy (non-hydrogen) atoms. The molecule has 1 aromatic heterocycles. The number of rotatable bonds is 6. The molecule has 1 aromatic rings. The Balaban J connectivity index is 2.29. The zero-order valence-electron chi connectivity index (χ0n) is 7.62. The maximum atomic E-state index is 11.6. The third-order valence-corrected chi connectivity index (χ3v) is 3.55. The van der Waals surface area contributed by atoms with Gasteiger partial charge in [-0.25, -0.2) is 0 Å². The molecular formula is C9H12BrNOS2. The van der Waals surface area contributed by atoms with Crippen molar-refractivity contribution in [2.45, 2.75) is 6.42 Å². The van der Waals surface area contributed by atoms with Gasteiger partial charge in [0, 0.05) is 25.3 Å². The van der Waals surface area contributed by atoms with Crippen LogP contribution in [0.25, 0.3) is 0 Å². The molecule has 0 amide bonds. The van der Waals surface area contributed by atoms with E-state index >= 15 is 0 Å². The van der Waals surface area contributed by atoms with Gasteiger partial charge in [-0.1, -0.05) is 0 Å². The van der Waals surface area contributed by atoms with Gasteiger partial charge >= 0.3 is 0 Å². The smallest absolute Gasteiger partial charge is 0.174 e. The molecule has 0 atom stereocenters. The van der Waals surface area contributed by atoms with E-state index in [1.807, 2.05) is 12.1 Å². The van der Waals surface area contributed by atoms with Crippen LogP contribution in [0, 0.1) is 0 Å². The van der Waals surface area contributed by atoms with Crippen molar-refractivity contribution in [2.75, 3.05) is 18.8 Å². The van der Waals surface area contributed by atoms with Crippen LogP contribution in [0.3, 0.4) is 0 Å². The van der Waals surface area contributed by atoms with E-state index in [-0.39, 0.29) is 5.78 Å². The Kier molecular flexibility index (Phi) is 5.77. The van der Waals surface area contributed by atoms with Crippen LogP contribution in [-0.2, 0) is 0 Å². The quantitative estimate of drug-likeness (QED) is 0.480. The van der Waals surface area contributed by atoms with Gasteiger partial charge < -0.3 is 5.32 Å². The number of Topliss-reactive ketones (excluding diaryl/α,β-unsaturated/α-hetero) is 1. The molecule has 5 heteroatoms. The Morgan fingerprint density at radius 1 is 1.50 bits per heavy atom. The van der Waals surface area contributed by atoms with Crippen LogP contribution in [0.15, 0.2) is 15.9 Å². The van der Waals surface area contributed by atoms with E-state index in [0.29, 0.717) is 6.42 Å². The average Bonchev–Trinajstić information content (AvgIpc) is 2.59. The fourth-order valence-corrected chi connectivity index (χ4v) is 2.50.